The third kappa shape index (κ3) is 7.98. The van der Waals surface area contributed by atoms with Gasteiger partial charge in [0.1, 0.15) is 17.0 Å². The van der Waals surface area contributed by atoms with E-state index in [1.165, 1.54) is 18.9 Å². The summed E-state index contributed by atoms with van der Waals surface area (Å²) < 4.78 is 11.2. The van der Waals surface area contributed by atoms with E-state index in [0.29, 0.717) is 34.1 Å². The number of hydrogen-bond donors (Lipinski definition) is 3. The van der Waals surface area contributed by atoms with E-state index in [-0.39, 0.29) is 17.4 Å². The Labute approximate surface area is 281 Å². The number of carbonyl (C=O) groups excluding carboxylic acids is 3. The van der Waals surface area contributed by atoms with Gasteiger partial charge in [-0.3, -0.25) is 14.4 Å². The maximum Gasteiger partial charge on any atom is 0.272 e. The minimum Gasteiger partial charge on any atom is -0.496 e. The van der Waals surface area contributed by atoms with Crippen LogP contribution in [-0.4, -0.2) is 35.6 Å². The van der Waals surface area contributed by atoms with Crippen LogP contribution in [0, 0.1) is 0 Å². The summed E-state index contributed by atoms with van der Waals surface area (Å²) in [5.74, 6) is 0.176. The number of nitrogens with one attached hydrogen (secondary N) is 3. The summed E-state index contributed by atoms with van der Waals surface area (Å²) in [7, 11) is 1.54. The fourth-order valence-corrected chi connectivity index (χ4v) is 5.45. The highest BCUT2D eigenvalue weighted by molar-refractivity contribution is 8.00. The number of anilines is 2. The van der Waals surface area contributed by atoms with E-state index < -0.39 is 11.8 Å². The van der Waals surface area contributed by atoms with Crippen molar-refractivity contribution >= 4 is 58.0 Å². The molecule has 10 heteroatoms. The van der Waals surface area contributed by atoms with E-state index in [1.54, 1.807) is 54.6 Å². The third-order valence-electron chi connectivity index (χ3n) is 7.16. The Morgan fingerprint density at radius 2 is 1.44 bits per heavy atom. The van der Waals surface area contributed by atoms with Crippen LogP contribution in [0.2, 0.25) is 0 Å². The summed E-state index contributed by atoms with van der Waals surface area (Å²) in [6.07, 6.45) is 1.57. The maximum absolute atomic E-state index is 13.4. The molecule has 0 bridgehead atoms. The molecule has 0 atom stereocenters. The summed E-state index contributed by atoms with van der Waals surface area (Å²) >= 11 is 1.36. The number of carbonyl (C=O) groups is 3. The van der Waals surface area contributed by atoms with Gasteiger partial charge in [-0.05, 0) is 84.9 Å². The molecule has 5 aromatic carbocycles. The Balaban J connectivity index is 1.05. The number of para-hydroxylation sites is 3. The van der Waals surface area contributed by atoms with Crippen LogP contribution in [0.3, 0.4) is 0 Å². The number of amides is 3. The zero-order valence-electron chi connectivity index (χ0n) is 25.8. The predicted octanol–water partition coefficient (Wildman–Crippen LogP) is 7.64. The third-order valence-corrected chi connectivity index (χ3v) is 8.17. The number of rotatable bonds is 11. The minimum absolute atomic E-state index is 0.0466. The summed E-state index contributed by atoms with van der Waals surface area (Å²) in [5.41, 5.74) is 4.59. The van der Waals surface area contributed by atoms with Gasteiger partial charge in [0.2, 0.25) is 11.8 Å². The van der Waals surface area contributed by atoms with Crippen molar-refractivity contribution in [3.63, 3.8) is 0 Å². The molecule has 0 radical (unpaired) electrons. The lowest BCUT2D eigenvalue weighted by atomic mass is 10.1. The van der Waals surface area contributed by atoms with Crippen LogP contribution in [0.15, 0.2) is 142 Å². The molecule has 0 fully saturated rings. The molecule has 0 saturated heterocycles. The fraction of sp³-hybridized carbons (Fsp3) is 0.0526. The van der Waals surface area contributed by atoms with Gasteiger partial charge in [-0.15, -0.1) is 11.8 Å². The first-order valence-electron chi connectivity index (χ1n) is 15.0. The maximum atomic E-state index is 13.4. The molecule has 0 saturated carbocycles. The highest BCUT2D eigenvalue weighted by atomic mass is 32.2. The number of methoxy groups -OCH3 is 1. The van der Waals surface area contributed by atoms with Crippen molar-refractivity contribution in [2.45, 2.75) is 4.90 Å². The van der Waals surface area contributed by atoms with Gasteiger partial charge >= 0.3 is 0 Å². The molecule has 1 heterocycles. The van der Waals surface area contributed by atoms with Crippen molar-refractivity contribution in [1.82, 2.24) is 10.3 Å². The highest BCUT2D eigenvalue weighted by Crippen LogP contribution is 2.26. The molecule has 0 aliphatic rings. The number of thioether (sulfide) groups is 1. The lowest BCUT2D eigenvalue weighted by Crippen LogP contribution is -2.30. The smallest absolute Gasteiger partial charge is 0.272 e. The van der Waals surface area contributed by atoms with E-state index in [1.807, 2.05) is 78.9 Å². The summed E-state index contributed by atoms with van der Waals surface area (Å²) in [5, 5.41) is 8.48. The molecule has 0 spiro atoms. The zero-order chi connectivity index (χ0) is 33.3. The summed E-state index contributed by atoms with van der Waals surface area (Å²) in [6, 6.07) is 37.8. The average molecular weight is 655 g/mol. The molecule has 1 aromatic heterocycles. The zero-order valence-corrected chi connectivity index (χ0v) is 26.6. The Kier molecular flexibility index (Phi) is 9.93. The molecule has 6 rings (SSSR count). The number of aromatic nitrogens is 1. The monoisotopic (exact) mass is 654 g/mol. The molecule has 0 aliphatic heterocycles. The highest BCUT2D eigenvalue weighted by Gasteiger charge is 2.16. The van der Waals surface area contributed by atoms with Gasteiger partial charge in [-0.25, -0.2) is 4.98 Å². The first-order valence-corrected chi connectivity index (χ1v) is 15.9. The Morgan fingerprint density at radius 3 is 2.19 bits per heavy atom. The number of nitrogens with zero attached hydrogens (tertiary/aromatic N) is 1. The predicted molar refractivity (Wildman–Crippen MR) is 189 cm³/mol. The van der Waals surface area contributed by atoms with E-state index >= 15 is 0 Å². The number of fused-ring (bicyclic) bond motifs is 1. The second-order valence-electron chi connectivity index (χ2n) is 10.5. The number of hydrogen-bond acceptors (Lipinski definition) is 7. The lowest BCUT2D eigenvalue weighted by molar-refractivity contribution is -0.114. The normalized spacial score (nSPS) is 11.1. The van der Waals surface area contributed by atoms with Crippen LogP contribution >= 0.6 is 11.8 Å². The Bertz CT molecular complexity index is 2060. The standard InChI is InChI=1S/C38H30N4O5S/c1-46-33-13-7-5-11-27(33)23-32(41-36(44)25-9-3-2-4-10-25)37(45)40-29-19-21-30(22-20-29)48-24-35(43)39-28-17-15-26(16-18-28)38-42-31-12-6-8-14-34(31)47-38/h2-23H,24H2,1H3,(H,39,43)(H,40,45)(H,41,44)/b32-23-. The average Bonchev–Trinajstić information content (AvgIpc) is 3.56. The van der Waals surface area contributed by atoms with E-state index in [0.717, 1.165) is 21.6 Å². The summed E-state index contributed by atoms with van der Waals surface area (Å²) in [6.45, 7) is 0. The van der Waals surface area contributed by atoms with Crippen LogP contribution < -0.4 is 20.7 Å². The SMILES string of the molecule is COc1ccccc1/C=C(\NC(=O)c1ccccc1)C(=O)Nc1ccc(SCC(=O)Nc2ccc(-c3nc4ccccc4o3)cc2)cc1. The number of ether oxygens (including phenoxy) is 1. The van der Waals surface area contributed by atoms with Gasteiger partial charge in [-0.1, -0.05) is 48.5 Å². The lowest BCUT2D eigenvalue weighted by Gasteiger charge is -2.13. The summed E-state index contributed by atoms with van der Waals surface area (Å²) in [4.78, 5) is 44.4. The van der Waals surface area contributed by atoms with Crippen molar-refractivity contribution in [2.75, 3.05) is 23.5 Å². The molecule has 9 nitrogen and oxygen atoms in total. The Morgan fingerprint density at radius 1 is 0.771 bits per heavy atom. The van der Waals surface area contributed by atoms with Gasteiger partial charge < -0.3 is 25.1 Å². The second-order valence-corrected chi connectivity index (χ2v) is 11.5. The van der Waals surface area contributed by atoms with Crippen molar-refractivity contribution in [3.8, 4) is 17.2 Å². The van der Waals surface area contributed by atoms with Crippen LogP contribution in [0.4, 0.5) is 11.4 Å². The van der Waals surface area contributed by atoms with Crippen LogP contribution in [0.1, 0.15) is 15.9 Å². The van der Waals surface area contributed by atoms with E-state index in [4.69, 9.17) is 9.15 Å². The van der Waals surface area contributed by atoms with Crippen molar-refractivity contribution in [3.05, 3.63) is 144 Å². The first kappa shape index (κ1) is 31.8. The molecule has 0 aliphatic carbocycles. The minimum atomic E-state index is -0.507. The molecule has 48 heavy (non-hydrogen) atoms. The van der Waals surface area contributed by atoms with E-state index in [9.17, 15) is 14.4 Å². The van der Waals surface area contributed by atoms with Crippen LogP contribution in [-0.2, 0) is 9.59 Å². The quantitative estimate of drug-likeness (QED) is 0.0969. The molecular formula is C38H30N4O5S. The van der Waals surface area contributed by atoms with Gasteiger partial charge in [0.05, 0.1) is 12.9 Å². The van der Waals surface area contributed by atoms with Gasteiger partial charge in [-0.2, -0.15) is 0 Å². The van der Waals surface area contributed by atoms with Gasteiger partial charge in [0.25, 0.3) is 11.8 Å². The second kappa shape index (κ2) is 15.0. The molecular weight excluding hydrogens is 625 g/mol. The topological polar surface area (TPSA) is 123 Å². The van der Waals surface area contributed by atoms with E-state index in [2.05, 4.69) is 20.9 Å². The Hall–Kier alpha value is -6.13. The fourth-order valence-electron chi connectivity index (χ4n) is 4.75. The first-order chi connectivity index (χ1) is 23.4. The van der Waals surface area contributed by atoms with Crippen LogP contribution in [0.25, 0.3) is 28.6 Å². The number of benzene rings is 5. The van der Waals surface area contributed by atoms with Crippen LogP contribution in [0.5, 0.6) is 5.75 Å². The van der Waals surface area contributed by atoms with Gasteiger partial charge in [0.15, 0.2) is 5.58 Å². The molecule has 3 N–H and O–H groups in total. The molecule has 3 amide bonds. The molecule has 6 aromatic rings. The van der Waals surface area contributed by atoms with Crippen molar-refractivity contribution in [2.24, 2.45) is 0 Å². The van der Waals surface area contributed by atoms with Crippen molar-refractivity contribution < 1.29 is 23.5 Å². The van der Waals surface area contributed by atoms with Crippen molar-refractivity contribution in [1.29, 1.82) is 0 Å². The largest absolute Gasteiger partial charge is 0.496 e. The molecule has 0 unspecified atom stereocenters. The molecule has 238 valence electrons. The number of oxazole rings is 1. The van der Waals surface area contributed by atoms with Gasteiger partial charge in [0, 0.05) is 33.0 Å².